The molecule has 28 heavy (non-hydrogen) atoms. The van der Waals surface area contributed by atoms with Crippen LogP contribution in [-0.2, 0) is 6.18 Å². The average molecular weight is 421 g/mol. The van der Waals surface area contributed by atoms with Gasteiger partial charge in [-0.05, 0) is 53.7 Å². The predicted octanol–water partition coefficient (Wildman–Crippen LogP) is 6.64. The van der Waals surface area contributed by atoms with Gasteiger partial charge in [-0.2, -0.15) is 13.2 Å². The topological polar surface area (TPSA) is 37.8 Å². The van der Waals surface area contributed by atoms with Crippen LogP contribution in [-0.4, -0.2) is 9.97 Å². The molecule has 0 amide bonds. The number of hydrogen-bond donors (Lipinski definition) is 1. The van der Waals surface area contributed by atoms with Crippen LogP contribution in [0.3, 0.4) is 0 Å². The SMILES string of the molecule is Fc1cc(C(F)(F)F)ccc1-c1nccc2cc(SNc3nccs3)ccc12. The lowest BCUT2D eigenvalue weighted by atomic mass is 10.0. The van der Waals surface area contributed by atoms with Gasteiger partial charge in [0.2, 0.25) is 0 Å². The van der Waals surface area contributed by atoms with Crippen molar-refractivity contribution in [3.8, 4) is 11.3 Å². The number of aromatic nitrogens is 2. The molecule has 0 bridgehead atoms. The third-order valence-corrected chi connectivity index (χ3v) is 5.58. The van der Waals surface area contributed by atoms with Crippen molar-refractivity contribution >= 4 is 39.2 Å². The second-order valence-electron chi connectivity index (χ2n) is 5.78. The third kappa shape index (κ3) is 3.81. The van der Waals surface area contributed by atoms with Crippen LogP contribution in [0.15, 0.2) is 65.1 Å². The zero-order valence-electron chi connectivity index (χ0n) is 14.0. The van der Waals surface area contributed by atoms with E-state index in [1.54, 1.807) is 18.3 Å². The number of pyridine rings is 1. The summed E-state index contributed by atoms with van der Waals surface area (Å²) in [5, 5.41) is 4.09. The number of fused-ring (bicyclic) bond motifs is 1. The number of thiazole rings is 1. The van der Waals surface area contributed by atoms with Crippen molar-refractivity contribution in [3.05, 3.63) is 71.6 Å². The molecule has 0 aliphatic carbocycles. The fourth-order valence-corrected chi connectivity index (χ4v) is 3.96. The quantitative estimate of drug-likeness (QED) is 0.296. The molecule has 3 nitrogen and oxygen atoms in total. The minimum atomic E-state index is -4.60. The highest BCUT2D eigenvalue weighted by molar-refractivity contribution is 8.00. The average Bonchev–Trinajstić information content (AvgIpc) is 3.18. The second kappa shape index (κ2) is 7.40. The van der Waals surface area contributed by atoms with E-state index in [1.807, 2.05) is 17.5 Å². The van der Waals surface area contributed by atoms with Crippen LogP contribution < -0.4 is 4.72 Å². The summed E-state index contributed by atoms with van der Waals surface area (Å²) >= 11 is 2.86. The van der Waals surface area contributed by atoms with Gasteiger partial charge < -0.3 is 4.72 Å². The molecule has 142 valence electrons. The van der Waals surface area contributed by atoms with Crippen LogP contribution in [0.5, 0.6) is 0 Å². The van der Waals surface area contributed by atoms with Crippen molar-refractivity contribution in [2.24, 2.45) is 0 Å². The Morgan fingerprint density at radius 1 is 0.964 bits per heavy atom. The highest BCUT2D eigenvalue weighted by Gasteiger charge is 2.31. The van der Waals surface area contributed by atoms with Crippen LogP contribution in [0.1, 0.15) is 5.56 Å². The highest BCUT2D eigenvalue weighted by Crippen LogP contribution is 2.35. The first-order chi connectivity index (χ1) is 13.4. The molecule has 2 aromatic carbocycles. The van der Waals surface area contributed by atoms with Gasteiger partial charge in [-0.3, -0.25) is 4.98 Å². The van der Waals surface area contributed by atoms with E-state index in [0.29, 0.717) is 17.1 Å². The molecule has 0 aliphatic heterocycles. The van der Waals surface area contributed by atoms with Crippen LogP contribution in [0.4, 0.5) is 22.7 Å². The molecular weight excluding hydrogens is 410 g/mol. The number of anilines is 1. The van der Waals surface area contributed by atoms with Crippen molar-refractivity contribution in [3.63, 3.8) is 0 Å². The Labute approximate surface area is 165 Å². The first-order valence-corrected chi connectivity index (χ1v) is 9.70. The maximum absolute atomic E-state index is 14.4. The number of benzene rings is 2. The van der Waals surface area contributed by atoms with Gasteiger partial charge in [-0.15, -0.1) is 11.3 Å². The molecule has 1 N–H and O–H groups in total. The molecule has 4 aromatic rings. The Kier molecular flexibility index (Phi) is 4.94. The van der Waals surface area contributed by atoms with Crippen molar-refractivity contribution in [1.29, 1.82) is 0 Å². The Morgan fingerprint density at radius 2 is 1.82 bits per heavy atom. The summed E-state index contributed by atoms with van der Waals surface area (Å²) in [7, 11) is 0. The molecule has 0 saturated carbocycles. The summed E-state index contributed by atoms with van der Waals surface area (Å²) in [6.45, 7) is 0. The zero-order chi connectivity index (χ0) is 19.7. The predicted molar refractivity (Wildman–Crippen MR) is 104 cm³/mol. The van der Waals surface area contributed by atoms with Gasteiger partial charge in [-0.25, -0.2) is 9.37 Å². The van der Waals surface area contributed by atoms with Gasteiger partial charge >= 0.3 is 6.18 Å². The first kappa shape index (κ1) is 18.7. The second-order valence-corrected chi connectivity index (χ2v) is 7.55. The molecule has 0 fully saturated rings. The lowest BCUT2D eigenvalue weighted by Gasteiger charge is -2.11. The van der Waals surface area contributed by atoms with Gasteiger partial charge in [0, 0.05) is 33.6 Å². The van der Waals surface area contributed by atoms with E-state index in [4.69, 9.17) is 0 Å². The Morgan fingerprint density at radius 3 is 2.54 bits per heavy atom. The number of nitrogens with zero attached hydrogens (tertiary/aromatic N) is 2. The summed E-state index contributed by atoms with van der Waals surface area (Å²) < 4.78 is 55.9. The Hall–Kier alpha value is -2.65. The van der Waals surface area contributed by atoms with Gasteiger partial charge in [0.25, 0.3) is 0 Å². The molecule has 4 rings (SSSR count). The fourth-order valence-electron chi connectivity index (χ4n) is 2.69. The smallest absolute Gasteiger partial charge is 0.302 e. The van der Waals surface area contributed by atoms with Gasteiger partial charge in [-0.1, -0.05) is 6.07 Å². The van der Waals surface area contributed by atoms with Crippen LogP contribution in [0.2, 0.25) is 0 Å². The first-order valence-electron chi connectivity index (χ1n) is 8.00. The molecule has 0 radical (unpaired) electrons. The zero-order valence-corrected chi connectivity index (χ0v) is 15.6. The summed E-state index contributed by atoms with van der Waals surface area (Å²) in [6, 6.07) is 9.76. The van der Waals surface area contributed by atoms with Gasteiger partial charge in [0.1, 0.15) is 5.82 Å². The fraction of sp³-hybridized carbons (Fsp3) is 0.0526. The number of nitrogens with one attached hydrogen (secondary N) is 1. The van der Waals surface area contributed by atoms with E-state index in [1.165, 1.54) is 29.5 Å². The summed E-state index contributed by atoms with van der Waals surface area (Å²) in [5.41, 5.74) is -0.700. The molecule has 2 aromatic heterocycles. The van der Waals surface area contributed by atoms with E-state index >= 15 is 0 Å². The van der Waals surface area contributed by atoms with E-state index in [-0.39, 0.29) is 5.56 Å². The van der Waals surface area contributed by atoms with Crippen LogP contribution in [0, 0.1) is 5.82 Å². The summed E-state index contributed by atoms with van der Waals surface area (Å²) in [6.07, 6.45) is -1.38. The normalized spacial score (nSPS) is 11.7. The number of halogens is 4. The standard InChI is InChI=1S/C19H11F4N3S2/c20-16-10-12(19(21,22)23)1-3-15(16)17-14-4-2-13(9-11(14)5-6-24-17)28-26-18-25-7-8-27-18/h1-10H,(H,25,26). The summed E-state index contributed by atoms with van der Waals surface area (Å²) in [5.74, 6) is -0.960. The van der Waals surface area contributed by atoms with Crippen molar-refractivity contribution in [1.82, 2.24) is 9.97 Å². The Bertz CT molecular complexity index is 1130. The summed E-state index contributed by atoms with van der Waals surface area (Å²) in [4.78, 5) is 9.24. The molecule has 0 spiro atoms. The van der Waals surface area contributed by atoms with Gasteiger partial charge in [0.15, 0.2) is 5.13 Å². The van der Waals surface area contributed by atoms with E-state index in [2.05, 4.69) is 14.7 Å². The molecule has 0 aliphatic rings. The van der Waals surface area contributed by atoms with E-state index in [9.17, 15) is 17.6 Å². The lowest BCUT2D eigenvalue weighted by Crippen LogP contribution is -2.05. The minimum absolute atomic E-state index is 0.0277. The number of rotatable bonds is 4. The number of hydrogen-bond acceptors (Lipinski definition) is 5. The van der Waals surface area contributed by atoms with E-state index < -0.39 is 17.6 Å². The Balaban J connectivity index is 1.68. The molecule has 0 atom stereocenters. The van der Waals surface area contributed by atoms with Gasteiger partial charge in [0.05, 0.1) is 11.3 Å². The monoisotopic (exact) mass is 421 g/mol. The van der Waals surface area contributed by atoms with Crippen LogP contribution in [0.25, 0.3) is 22.0 Å². The molecule has 2 heterocycles. The molecule has 9 heteroatoms. The van der Waals surface area contributed by atoms with Crippen molar-refractivity contribution < 1.29 is 17.6 Å². The number of alkyl halides is 3. The third-order valence-electron chi connectivity index (χ3n) is 3.98. The molecular formula is C19H11F4N3S2. The lowest BCUT2D eigenvalue weighted by molar-refractivity contribution is -0.137. The largest absolute Gasteiger partial charge is 0.416 e. The molecule has 0 saturated heterocycles. The maximum atomic E-state index is 14.4. The van der Waals surface area contributed by atoms with Crippen molar-refractivity contribution in [2.75, 3.05) is 4.72 Å². The maximum Gasteiger partial charge on any atom is 0.416 e. The van der Waals surface area contributed by atoms with E-state index in [0.717, 1.165) is 27.5 Å². The highest BCUT2D eigenvalue weighted by atomic mass is 32.2. The minimum Gasteiger partial charge on any atom is -0.302 e. The van der Waals surface area contributed by atoms with Crippen LogP contribution >= 0.6 is 23.3 Å². The molecule has 0 unspecified atom stereocenters. The van der Waals surface area contributed by atoms with Crippen molar-refractivity contribution in [2.45, 2.75) is 11.1 Å².